The summed E-state index contributed by atoms with van der Waals surface area (Å²) >= 11 is 0. The number of anilines is 1. The Kier molecular flexibility index (Phi) is 6.24. The molecular formula is C22H24N4O5S. The maximum absolute atomic E-state index is 12.8. The Labute approximate surface area is 186 Å². The van der Waals surface area contributed by atoms with Gasteiger partial charge in [0, 0.05) is 24.2 Å². The number of nitrogens with one attached hydrogen (secondary N) is 1. The van der Waals surface area contributed by atoms with E-state index in [0.29, 0.717) is 30.3 Å². The molecule has 168 valence electrons. The second-order valence-corrected chi connectivity index (χ2v) is 9.65. The highest BCUT2D eigenvalue weighted by Gasteiger charge is 2.28. The van der Waals surface area contributed by atoms with E-state index in [4.69, 9.17) is 9.15 Å². The van der Waals surface area contributed by atoms with Crippen molar-refractivity contribution in [3.63, 3.8) is 0 Å². The molecule has 1 fully saturated rings. The predicted octanol–water partition coefficient (Wildman–Crippen LogP) is 3.42. The van der Waals surface area contributed by atoms with Crippen LogP contribution in [-0.4, -0.2) is 49.0 Å². The van der Waals surface area contributed by atoms with Gasteiger partial charge < -0.3 is 9.15 Å². The number of nitrogens with zero attached hydrogens (tertiary/aromatic N) is 3. The molecule has 0 spiro atoms. The largest absolute Gasteiger partial charge is 0.497 e. The van der Waals surface area contributed by atoms with Gasteiger partial charge in [-0.3, -0.25) is 10.1 Å². The Bertz CT molecular complexity index is 1200. The van der Waals surface area contributed by atoms with Gasteiger partial charge >= 0.3 is 6.01 Å². The van der Waals surface area contributed by atoms with Gasteiger partial charge in [0.2, 0.25) is 15.9 Å². The molecule has 2 aromatic carbocycles. The van der Waals surface area contributed by atoms with Gasteiger partial charge in [-0.05, 0) is 61.2 Å². The lowest BCUT2D eigenvalue weighted by atomic mass is 10.0. The van der Waals surface area contributed by atoms with Crippen LogP contribution >= 0.6 is 0 Å². The first-order valence-corrected chi connectivity index (χ1v) is 11.7. The van der Waals surface area contributed by atoms with Crippen LogP contribution in [-0.2, 0) is 10.0 Å². The molecule has 0 saturated carbocycles. The lowest BCUT2D eigenvalue weighted by molar-refractivity contribution is 0.102. The van der Waals surface area contributed by atoms with Crippen LogP contribution in [0.4, 0.5) is 6.01 Å². The van der Waals surface area contributed by atoms with Crippen LogP contribution < -0.4 is 10.1 Å². The number of carbonyl (C=O) groups is 1. The fourth-order valence-corrected chi connectivity index (χ4v) is 4.94. The number of carbonyl (C=O) groups excluding carboxylic acids is 1. The normalized spacial score (nSPS) is 15.4. The minimum absolute atomic E-state index is 0.0630. The number of aromatic nitrogens is 2. The molecule has 1 aliphatic rings. The molecule has 0 unspecified atom stereocenters. The molecule has 0 aliphatic carbocycles. The standard InChI is InChI=1S/C22H24N4O5S/c1-15-10-12-26(13-11-15)32(28,29)19-8-6-16(7-9-19)20(27)23-22-25-24-21(31-22)17-4-3-5-18(14-17)30-2/h3-9,14-15H,10-13H2,1-2H3,(H,23,25,27). The van der Waals surface area contributed by atoms with E-state index in [2.05, 4.69) is 22.4 Å². The monoisotopic (exact) mass is 456 g/mol. The van der Waals surface area contributed by atoms with Gasteiger partial charge in [-0.2, -0.15) is 4.31 Å². The number of rotatable bonds is 6. The highest BCUT2D eigenvalue weighted by atomic mass is 32.2. The summed E-state index contributed by atoms with van der Waals surface area (Å²) in [6.07, 6.45) is 1.70. The molecule has 1 N–H and O–H groups in total. The zero-order valence-corrected chi connectivity index (χ0v) is 18.6. The van der Waals surface area contributed by atoms with Gasteiger partial charge in [0.1, 0.15) is 5.75 Å². The second kappa shape index (κ2) is 9.09. The van der Waals surface area contributed by atoms with E-state index in [1.807, 2.05) is 0 Å². The quantitative estimate of drug-likeness (QED) is 0.604. The number of piperidine rings is 1. The Balaban J connectivity index is 1.44. The molecule has 9 nitrogen and oxygen atoms in total. The van der Waals surface area contributed by atoms with E-state index in [1.54, 1.807) is 31.4 Å². The summed E-state index contributed by atoms with van der Waals surface area (Å²) in [5, 5.41) is 10.3. The van der Waals surface area contributed by atoms with Crippen molar-refractivity contribution in [2.45, 2.75) is 24.7 Å². The molecule has 1 aliphatic heterocycles. The Morgan fingerprint density at radius 3 is 2.53 bits per heavy atom. The van der Waals surface area contributed by atoms with E-state index < -0.39 is 15.9 Å². The van der Waals surface area contributed by atoms with Gasteiger partial charge in [0.25, 0.3) is 5.91 Å². The van der Waals surface area contributed by atoms with Crippen molar-refractivity contribution in [1.29, 1.82) is 0 Å². The maximum Gasteiger partial charge on any atom is 0.322 e. The fraction of sp³-hybridized carbons (Fsp3) is 0.318. The third kappa shape index (κ3) is 4.66. The van der Waals surface area contributed by atoms with Crippen LogP contribution in [0.2, 0.25) is 0 Å². The zero-order chi connectivity index (χ0) is 22.7. The number of hydrogen-bond acceptors (Lipinski definition) is 7. The third-order valence-corrected chi connectivity index (χ3v) is 7.37. The Hall–Kier alpha value is -3.24. The van der Waals surface area contributed by atoms with Gasteiger partial charge in [-0.25, -0.2) is 8.42 Å². The van der Waals surface area contributed by atoms with Crippen LogP contribution in [0.3, 0.4) is 0 Å². The Morgan fingerprint density at radius 1 is 1.12 bits per heavy atom. The van der Waals surface area contributed by atoms with Gasteiger partial charge in [0.15, 0.2) is 0 Å². The van der Waals surface area contributed by atoms with Crippen molar-refractivity contribution in [3.8, 4) is 17.2 Å². The van der Waals surface area contributed by atoms with Gasteiger partial charge in [-0.1, -0.05) is 18.1 Å². The zero-order valence-electron chi connectivity index (χ0n) is 17.8. The molecule has 0 radical (unpaired) electrons. The van der Waals surface area contributed by atoms with Crippen molar-refractivity contribution >= 4 is 21.9 Å². The molecule has 10 heteroatoms. The van der Waals surface area contributed by atoms with Crippen LogP contribution in [0, 0.1) is 5.92 Å². The summed E-state index contributed by atoms with van der Waals surface area (Å²) in [7, 11) is -2.01. The van der Waals surface area contributed by atoms with E-state index in [9.17, 15) is 13.2 Å². The van der Waals surface area contributed by atoms with Crippen molar-refractivity contribution in [2.24, 2.45) is 5.92 Å². The lowest BCUT2D eigenvalue weighted by Gasteiger charge is -2.29. The number of sulfonamides is 1. The first-order chi connectivity index (χ1) is 15.4. The predicted molar refractivity (Wildman–Crippen MR) is 118 cm³/mol. The van der Waals surface area contributed by atoms with E-state index >= 15 is 0 Å². The summed E-state index contributed by atoms with van der Waals surface area (Å²) in [5.74, 6) is 0.917. The van der Waals surface area contributed by atoms with Crippen molar-refractivity contribution in [2.75, 3.05) is 25.5 Å². The average molecular weight is 457 g/mol. The van der Waals surface area contributed by atoms with E-state index in [-0.39, 0.29) is 22.4 Å². The summed E-state index contributed by atoms with van der Waals surface area (Å²) in [4.78, 5) is 12.7. The number of hydrogen-bond donors (Lipinski definition) is 1. The van der Waals surface area contributed by atoms with Crippen LogP contribution in [0.15, 0.2) is 57.8 Å². The molecule has 3 aromatic rings. The number of methoxy groups -OCH3 is 1. The molecule has 1 aromatic heterocycles. The highest BCUT2D eigenvalue weighted by molar-refractivity contribution is 7.89. The minimum atomic E-state index is -3.57. The molecule has 32 heavy (non-hydrogen) atoms. The number of ether oxygens (including phenoxy) is 1. The molecule has 2 heterocycles. The minimum Gasteiger partial charge on any atom is -0.497 e. The summed E-state index contributed by atoms with van der Waals surface area (Å²) in [6, 6.07) is 12.9. The van der Waals surface area contributed by atoms with Gasteiger partial charge in [0.05, 0.1) is 12.0 Å². The first kappa shape index (κ1) is 22.0. The van der Waals surface area contributed by atoms with Crippen molar-refractivity contribution in [3.05, 3.63) is 54.1 Å². The summed E-state index contributed by atoms with van der Waals surface area (Å²) in [5.41, 5.74) is 0.927. The smallest absolute Gasteiger partial charge is 0.322 e. The maximum atomic E-state index is 12.8. The van der Waals surface area contributed by atoms with Crippen LogP contribution in [0.5, 0.6) is 5.75 Å². The summed E-state index contributed by atoms with van der Waals surface area (Å²) < 4.78 is 37.9. The molecule has 1 amide bonds. The van der Waals surface area contributed by atoms with Crippen LogP contribution in [0.1, 0.15) is 30.1 Å². The molecule has 0 atom stereocenters. The van der Waals surface area contributed by atoms with Gasteiger partial charge in [-0.15, -0.1) is 5.10 Å². The van der Waals surface area contributed by atoms with Crippen molar-refractivity contribution < 1.29 is 22.4 Å². The molecule has 4 rings (SSSR count). The topological polar surface area (TPSA) is 115 Å². The first-order valence-electron chi connectivity index (χ1n) is 10.3. The molecule has 0 bridgehead atoms. The summed E-state index contributed by atoms with van der Waals surface area (Å²) in [6.45, 7) is 3.15. The number of benzene rings is 2. The van der Waals surface area contributed by atoms with Crippen molar-refractivity contribution in [1.82, 2.24) is 14.5 Å². The Morgan fingerprint density at radius 2 is 1.84 bits per heavy atom. The number of amides is 1. The van der Waals surface area contributed by atoms with Crippen LogP contribution in [0.25, 0.3) is 11.5 Å². The SMILES string of the molecule is COc1cccc(-c2nnc(NC(=O)c3ccc(S(=O)(=O)N4CCC(C)CC4)cc3)o2)c1. The second-order valence-electron chi connectivity index (χ2n) is 7.71. The molecule has 1 saturated heterocycles. The average Bonchev–Trinajstić information content (AvgIpc) is 3.28. The third-order valence-electron chi connectivity index (χ3n) is 5.46. The fourth-order valence-electron chi connectivity index (χ4n) is 3.47. The van der Waals surface area contributed by atoms with E-state index in [1.165, 1.54) is 28.6 Å². The molecular weight excluding hydrogens is 432 g/mol. The highest BCUT2D eigenvalue weighted by Crippen LogP contribution is 2.25. The lowest BCUT2D eigenvalue weighted by Crippen LogP contribution is -2.37. The van der Waals surface area contributed by atoms with E-state index in [0.717, 1.165) is 12.8 Å².